The number of hydroxylamine groups is 1. The summed E-state index contributed by atoms with van der Waals surface area (Å²) in [5, 5.41) is 14.6. The SMILES string of the molecule is CS(=O)(=O)NCCON=Cc1cc(C(=O)NOCCO)c(Nc2ccc(I)cc2F)c(F)c1F. The third-order valence-corrected chi connectivity index (χ3v) is 5.25. The number of aliphatic hydroxyl groups is 1. The molecule has 0 radical (unpaired) electrons. The van der Waals surface area contributed by atoms with E-state index in [1.165, 1.54) is 12.1 Å². The molecule has 0 heterocycles. The molecule has 4 N–H and O–H groups in total. The molecule has 0 atom stereocenters. The van der Waals surface area contributed by atoms with E-state index in [0.717, 1.165) is 24.6 Å². The highest BCUT2D eigenvalue weighted by Crippen LogP contribution is 2.30. The van der Waals surface area contributed by atoms with Gasteiger partial charge < -0.3 is 15.3 Å². The van der Waals surface area contributed by atoms with E-state index in [2.05, 4.69) is 15.2 Å². The minimum atomic E-state index is -3.43. The van der Waals surface area contributed by atoms with Crippen LogP contribution in [-0.4, -0.2) is 58.3 Å². The van der Waals surface area contributed by atoms with Gasteiger partial charge in [0.15, 0.2) is 11.6 Å². The number of aliphatic hydroxyl groups excluding tert-OH is 1. The highest BCUT2D eigenvalue weighted by Gasteiger charge is 2.23. The van der Waals surface area contributed by atoms with Crippen molar-refractivity contribution in [3.8, 4) is 0 Å². The molecule has 0 fully saturated rings. The molecule has 0 unspecified atom stereocenters. The maximum atomic E-state index is 14.9. The fourth-order valence-electron chi connectivity index (χ4n) is 2.40. The molecule has 0 saturated heterocycles. The zero-order valence-corrected chi connectivity index (χ0v) is 20.5. The molecule has 0 aliphatic heterocycles. The maximum Gasteiger partial charge on any atom is 0.277 e. The van der Waals surface area contributed by atoms with Crippen molar-refractivity contribution in [2.24, 2.45) is 5.16 Å². The van der Waals surface area contributed by atoms with Crippen LogP contribution in [-0.2, 0) is 19.7 Å². The van der Waals surface area contributed by atoms with Gasteiger partial charge in [-0.3, -0.25) is 9.63 Å². The van der Waals surface area contributed by atoms with Gasteiger partial charge in [0.05, 0.1) is 42.6 Å². The molecule has 15 heteroatoms. The molecule has 34 heavy (non-hydrogen) atoms. The third-order valence-electron chi connectivity index (χ3n) is 3.85. The van der Waals surface area contributed by atoms with Crippen LogP contribution in [0, 0.1) is 21.0 Å². The highest BCUT2D eigenvalue weighted by molar-refractivity contribution is 14.1. The summed E-state index contributed by atoms with van der Waals surface area (Å²) in [7, 11) is -3.43. The second-order valence-electron chi connectivity index (χ2n) is 6.50. The molecule has 2 aromatic rings. The lowest BCUT2D eigenvalue weighted by atomic mass is 10.1. The number of benzene rings is 2. The molecular weight excluding hydrogens is 596 g/mol. The van der Waals surface area contributed by atoms with Gasteiger partial charge in [-0.25, -0.2) is 31.8 Å². The van der Waals surface area contributed by atoms with E-state index in [-0.39, 0.29) is 25.4 Å². The van der Waals surface area contributed by atoms with Crippen LogP contribution in [0.25, 0.3) is 0 Å². The number of nitrogens with zero attached hydrogens (tertiary/aromatic N) is 1. The Hall–Kier alpha value is -2.47. The molecule has 10 nitrogen and oxygen atoms in total. The van der Waals surface area contributed by atoms with Crippen molar-refractivity contribution in [2.45, 2.75) is 0 Å². The van der Waals surface area contributed by atoms with Crippen molar-refractivity contribution in [2.75, 3.05) is 37.9 Å². The van der Waals surface area contributed by atoms with Crippen LogP contribution >= 0.6 is 22.6 Å². The van der Waals surface area contributed by atoms with Gasteiger partial charge in [-0.2, -0.15) is 0 Å². The van der Waals surface area contributed by atoms with E-state index >= 15 is 0 Å². The van der Waals surface area contributed by atoms with E-state index < -0.39 is 56.8 Å². The number of anilines is 2. The first kappa shape index (κ1) is 27.8. The third kappa shape index (κ3) is 8.39. The summed E-state index contributed by atoms with van der Waals surface area (Å²) < 4.78 is 68.5. The second kappa shape index (κ2) is 12.8. The Balaban J connectivity index is 2.34. The number of halogens is 4. The van der Waals surface area contributed by atoms with Gasteiger partial charge in [-0.05, 0) is 46.9 Å². The number of rotatable bonds is 12. The van der Waals surface area contributed by atoms with Crippen LogP contribution in [0.3, 0.4) is 0 Å². The summed E-state index contributed by atoms with van der Waals surface area (Å²) in [4.78, 5) is 22.0. The van der Waals surface area contributed by atoms with Gasteiger partial charge in [0.1, 0.15) is 12.4 Å². The standard InChI is InChI=1S/C19H20F3IN4O6S/c1-34(30,31)25-4-6-32-24-10-11-8-13(19(29)27-33-7-5-28)18(17(22)16(11)21)26-15-3-2-12(23)9-14(15)20/h2-3,8-10,25-26,28H,4-7H2,1H3,(H,27,29). The maximum absolute atomic E-state index is 14.9. The Morgan fingerprint density at radius 3 is 2.59 bits per heavy atom. The number of amides is 1. The molecule has 1 amide bonds. The number of hydrogen-bond donors (Lipinski definition) is 4. The Morgan fingerprint density at radius 1 is 1.21 bits per heavy atom. The lowest BCUT2D eigenvalue weighted by Crippen LogP contribution is -2.26. The fourth-order valence-corrected chi connectivity index (χ4v) is 3.31. The molecule has 2 aromatic carbocycles. The van der Waals surface area contributed by atoms with E-state index in [1.54, 1.807) is 0 Å². The van der Waals surface area contributed by atoms with Crippen molar-refractivity contribution in [3.05, 3.63) is 56.4 Å². The topological polar surface area (TPSA) is 138 Å². The number of carbonyl (C=O) groups excluding carboxylic acids is 1. The van der Waals surface area contributed by atoms with Crippen molar-refractivity contribution < 1.29 is 41.2 Å². The van der Waals surface area contributed by atoms with Crippen molar-refractivity contribution in [1.29, 1.82) is 0 Å². The molecule has 186 valence electrons. The molecule has 0 spiro atoms. The fraction of sp³-hybridized carbons (Fsp3) is 0.263. The quantitative estimate of drug-likeness (QED) is 0.124. The monoisotopic (exact) mass is 616 g/mol. The van der Waals surface area contributed by atoms with Crippen LogP contribution in [0.15, 0.2) is 29.4 Å². The number of hydrogen-bond acceptors (Lipinski definition) is 8. The Bertz CT molecular complexity index is 1170. The number of sulfonamides is 1. The molecule has 0 saturated carbocycles. The van der Waals surface area contributed by atoms with Crippen LogP contribution in [0.1, 0.15) is 15.9 Å². The number of oxime groups is 1. The molecule has 0 aliphatic rings. The first-order valence-corrected chi connectivity index (χ1v) is 12.4. The van der Waals surface area contributed by atoms with Gasteiger partial charge in [0.2, 0.25) is 10.0 Å². The van der Waals surface area contributed by atoms with Crippen molar-refractivity contribution >= 4 is 56.1 Å². The van der Waals surface area contributed by atoms with Gasteiger partial charge in [-0.1, -0.05) is 5.16 Å². The molecular formula is C19H20F3IN4O6S. The average Bonchev–Trinajstić information content (AvgIpc) is 2.76. The van der Waals surface area contributed by atoms with Gasteiger partial charge >= 0.3 is 0 Å². The molecule has 0 bridgehead atoms. The van der Waals surface area contributed by atoms with Crippen molar-refractivity contribution in [1.82, 2.24) is 10.2 Å². The summed E-state index contributed by atoms with van der Waals surface area (Å²) in [6.07, 6.45) is 1.72. The Morgan fingerprint density at radius 2 is 1.94 bits per heavy atom. The lowest BCUT2D eigenvalue weighted by molar-refractivity contribution is 0.0168. The van der Waals surface area contributed by atoms with Crippen LogP contribution in [0.4, 0.5) is 24.5 Å². The van der Waals surface area contributed by atoms with Gasteiger partial charge in [0, 0.05) is 15.7 Å². The van der Waals surface area contributed by atoms with E-state index in [1.807, 2.05) is 28.1 Å². The predicted molar refractivity (Wildman–Crippen MR) is 126 cm³/mol. The molecule has 0 aromatic heterocycles. The van der Waals surface area contributed by atoms with E-state index in [0.29, 0.717) is 3.57 Å². The summed E-state index contributed by atoms with van der Waals surface area (Å²) >= 11 is 1.87. The Labute approximate surface area is 206 Å². The van der Waals surface area contributed by atoms with Crippen LogP contribution in [0.5, 0.6) is 0 Å². The first-order valence-electron chi connectivity index (χ1n) is 9.40. The average molecular weight is 616 g/mol. The van der Waals surface area contributed by atoms with Crippen LogP contribution in [0.2, 0.25) is 0 Å². The minimum Gasteiger partial charge on any atom is -0.394 e. The normalized spacial score (nSPS) is 11.6. The summed E-state index contributed by atoms with van der Waals surface area (Å²) in [6, 6.07) is 4.87. The summed E-state index contributed by atoms with van der Waals surface area (Å²) in [6.45, 7) is -1.01. The molecule has 0 aliphatic carbocycles. The predicted octanol–water partition coefficient (Wildman–Crippen LogP) is 2.01. The largest absolute Gasteiger partial charge is 0.394 e. The van der Waals surface area contributed by atoms with Gasteiger partial charge in [0.25, 0.3) is 5.91 Å². The zero-order valence-electron chi connectivity index (χ0n) is 17.6. The second-order valence-corrected chi connectivity index (χ2v) is 9.58. The number of nitrogens with one attached hydrogen (secondary N) is 3. The Kier molecular flexibility index (Phi) is 10.5. The minimum absolute atomic E-state index is 0.118. The first-order chi connectivity index (χ1) is 16.0. The van der Waals surface area contributed by atoms with Crippen LogP contribution < -0.4 is 15.5 Å². The van der Waals surface area contributed by atoms with Crippen molar-refractivity contribution in [3.63, 3.8) is 0 Å². The highest BCUT2D eigenvalue weighted by atomic mass is 127. The van der Waals surface area contributed by atoms with E-state index in [4.69, 9.17) is 14.8 Å². The zero-order chi connectivity index (χ0) is 25.3. The number of carbonyl (C=O) groups is 1. The molecule has 2 rings (SSSR count). The smallest absolute Gasteiger partial charge is 0.277 e. The summed E-state index contributed by atoms with van der Waals surface area (Å²) in [5.41, 5.74) is 0.120. The lowest BCUT2D eigenvalue weighted by Gasteiger charge is -2.15. The summed E-state index contributed by atoms with van der Waals surface area (Å²) in [5.74, 6) is -4.71. The van der Waals surface area contributed by atoms with Gasteiger partial charge in [-0.15, -0.1) is 0 Å². The van der Waals surface area contributed by atoms with E-state index in [9.17, 15) is 26.4 Å².